The highest BCUT2D eigenvalue weighted by Gasteiger charge is 1.90. The van der Waals surface area contributed by atoms with Crippen molar-refractivity contribution in [3.63, 3.8) is 0 Å². The van der Waals surface area contributed by atoms with Crippen molar-refractivity contribution in [2.24, 2.45) is 0 Å². The van der Waals surface area contributed by atoms with Crippen LogP contribution < -0.4 is 0 Å². The zero-order chi connectivity index (χ0) is 9.52. The normalized spacial score (nSPS) is 10.9. The van der Waals surface area contributed by atoms with Crippen molar-refractivity contribution >= 4 is 23.4 Å². The highest BCUT2D eigenvalue weighted by molar-refractivity contribution is 7.99. The largest absolute Gasteiger partial charge is 0.122 e. The number of thioether (sulfide) groups is 1. The lowest BCUT2D eigenvalue weighted by Gasteiger charge is -1.98. The smallest absolute Gasteiger partial charge is 0.0404 e. The molecule has 0 amide bonds. The highest BCUT2D eigenvalue weighted by atomic mass is 35.5. The Hall–Kier alpha value is -0.400. The molecule has 0 spiro atoms. The summed E-state index contributed by atoms with van der Waals surface area (Å²) >= 11 is 7.34. The van der Waals surface area contributed by atoms with Gasteiger partial charge in [0.2, 0.25) is 0 Å². The molecular formula is C11H13ClS. The van der Waals surface area contributed by atoms with Gasteiger partial charge >= 0.3 is 0 Å². The minimum absolute atomic E-state index is 0.606. The summed E-state index contributed by atoms with van der Waals surface area (Å²) in [5.74, 6) is 1.60. The highest BCUT2D eigenvalue weighted by Crippen LogP contribution is 2.18. The van der Waals surface area contributed by atoms with Crippen molar-refractivity contribution in [2.75, 3.05) is 11.6 Å². The molecule has 0 heterocycles. The molecule has 0 aliphatic carbocycles. The van der Waals surface area contributed by atoms with Gasteiger partial charge in [0.25, 0.3) is 0 Å². The Morgan fingerprint density at radius 2 is 2.23 bits per heavy atom. The Bertz CT molecular complexity index is 281. The fourth-order valence-corrected chi connectivity index (χ4v) is 1.98. The van der Waals surface area contributed by atoms with Crippen molar-refractivity contribution < 1.29 is 0 Å². The summed E-state index contributed by atoms with van der Waals surface area (Å²) in [5, 5.41) is 0. The van der Waals surface area contributed by atoms with Gasteiger partial charge in [-0.25, -0.2) is 0 Å². The third-order valence-corrected chi connectivity index (χ3v) is 2.72. The van der Waals surface area contributed by atoms with Crippen LogP contribution in [-0.4, -0.2) is 11.6 Å². The summed E-state index contributed by atoms with van der Waals surface area (Å²) in [4.78, 5) is 1.32. The molecule has 0 N–H and O–H groups in total. The van der Waals surface area contributed by atoms with Gasteiger partial charge in [-0.3, -0.25) is 0 Å². The molecule has 0 nitrogen and oxygen atoms in total. The lowest BCUT2D eigenvalue weighted by atomic mass is 10.2. The van der Waals surface area contributed by atoms with Crippen LogP contribution in [0.2, 0.25) is 0 Å². The van der Waals surface area contributed by atoms with Crippen molar-refractivity contribution in [2.45, 2.75) is 11.8 Å². The second-order valence-electron chi connectivity index (χ2n) is 2.75. The minimum atomic E-state index is 0.606. The molecule has 0 unspecified atom stereocenters. The van der Waals surface area contributed by atoms with Gasteiger partial charge in [-0.1, -0.05) is 29.8 Å². The van der Waals surface area contributed by atoms with E-state index in [1.54, 1.807) is 0 Å². The first kappa shape index (κ1) is 10.7. The van der Waals surface area contributed by atoms with Crippen LogP contribution in [0.1, 0.15) is 5.56 Å². The predicted molar refractivity (Wildman–Crippen MR) is 61.8 cm³/mol. The Morgan fingerprint density at radius 3 is 2.92 bits per heavy atom. The Kier molecular flexibility index (Phi) is 5.02. The number of allylic oxidation sites excluding steroid dienone is 1. The van der Waals surface area contributed by atoms with Crippen LogP contribution in [0.3, 0.4) is 0 Å². The van der Waals surface area contributed by atoms with Crippen molar-refractivity contribution in [1.29, 1.82) is 0 Å². The Morgan fingerprint density at radius 1 is 1.38 bits per heavy atom. The number of benzene rings is 1. The molecule has 1 aromatic carbocycles. The van der Waals surface area contributed by atoms with E-state index in [2.05, 4.69) is 37.3 Å². The van der Waals surface area contributed by atoms with Crippen LogP contribution in [0.25, 0.3) is 0 Å². The van der Waals surface area contributed by atoms with E-state index in [0.29, 0.717) is 5.88 Å². The number of rotatable bonds is 4. The summed E-state index contributed by atoms with van der Waals surface area (Å²) in [6.45, 7) is 2.11. The SMILES string of the molecule is Cc1cccc(SCC=CCCl)c1. The summed E-state index contributed by atoms with van der Waals surface area (Å²) in [7, 11) is 0. The van der Waals surface area contributed by atoms with Crippen LogP contribution in [0.4, 0.5) is 0 Å². The third-order valence-electron chi connectivity index (χ3n) is 1.59. The van der Waals surface area contributed by atoms with E-state index in [4.69, 9.17) is 11.6 Å². The molecule has 0 saturated carbocycles. The molecule has 0 saturated heterocycles. The molecular weight excluding hydrogens is 200 g/mol. The van der Waals surface area contributed by atoms with Gasteiger partial charge in [0.1, 0.15) is 0 Å². The zero-order valence-electron chi connectivity index (χ0n) is 7.66. The molecule has 0 atom stereocenters. The topological polar surface area (TPSA) is 0 Å². The van der Waals surface area contributed by atoms with E-state index in [9.17, 15) is 0 Å². The summed E-state index contributed by atoms with van der Waals surface area (Å²) in [6, 6.07) is 8.52. The quantitative estimate of drug-likeness (QED) is 0.415. The molecule has 1 aromatic rings. The molecule has 0 fully saturated rings. The van der Waals surface area contributed by atoms with Crippen LogP contribution in [0.5, 0.6) is 0 Å². The molecule has 2 heteroatoms. The minimum Gasteiger partial charge on any atom is -0.122 e. The molecule has 0 aliphatic heterocycles. The van der Waals surface area contributed by atoms with E-state index < -0.39 is 0 Å². The summed E-state index contributed by atoms with van der Waals surface area (Å²) in [5.41, 5.74) is 1.31. The lowest BCUT2D eigenvalue weighted by Crippen LogP contribution is -1.76. The average molecular weight is 213 g/mol. The van der Waals surface area contributed by atoms with Gasteiger partial charge in [0.15, 0.2) is 0 Å². The summed E-state index contributed by atoms with van der Waals surface area (Å²) < 4.78 is 0. The molecule has 0 aromatic heterocycles. The summed E-state index contributed by atoms with van der Waals surface area (Å²) in [6.07, 6.45) is 4.07. The molecule has 0 aliphatic rings. The number of hydrogen-bond donors (Lipinski definition) is 0. The van der Waals surface area contributed by atoms with Gasteiger partial charge in [0, 0.05) is 16.5 Å². The maximum absolute atomic E-state index is 5.51. The van der Waals surface area contributed by atoms with Gasteiger partial charge in [-0.2, -0.15) is 0 Å². The standard InChI is InChI=1S/C11H13ClS/c1-10-5-4-6-11(9-10)13-8-3-2-7-12/h2-6,9H,7-8H2,1H3. The second-order valence-corrected chi connectivity index (χ2v) is 4.16. The maximum Gasteiger partial charge on any atom is 0.0404 e. The fourth-order valence-electron chi connectivity index (χ4n) is 0.981. The lowest BCUT2D eigenvalue weighted by molar-refractivity contribution is 1.36. The van der Waals surface area contributed by atoms with E-state index in [0.717, 1.165) is 5.75 Å². The van der Waals surface area contributed by atoms with Crippen LogP contribution >= 0.6 is 23.4 Å². The predicted octanol–water partition coefficient (Wildman–Crippen LogP) is 3.88. The number of hydrogen-bond acceptors (Lipinski definition) is 1. The Balaban J connectivity index is 2.41. The first-order valence-electron chi connectivity index (χ1n) is 4.23. The molecule has 0 radical (unpaired) electrons. The van der Waals surface area contributed by atoms with Crippen molar-refractivity contribution in [3.8, 4) is 0 Å². The van der Waals surface area contributed by atoms with Crippen molar-refractivity contribution in [1.82, 2.24) is 0 Å². The molecule has 70 valence electrons. The van der Waals surface area contributed by atoms with Crippen LogP contribution in [-0.2, 0) is 0 Å². The van der Waals surface area contributed by atoms with Gasteiger partial charge in [0.05, 0.1) is 0 Å². The van der Waals surface area contributed by atoms with Crippen LogP contribution in [0.15, 0.2) is 41.3 Å². The van der Waals surface area contributed by atoms with Crippen LogP contribution in [0, 0.1) is 6.92 Å². The second kappa shape index (κ2) is 6.11. The van der Waals surface area contributed by atoms with E-state index in [1.165, 1.54) is 10.5 Å². The number of halogens is 1. The maximum atomic E-state index is 5.51. The van der Waals surface area contributed by atoms with Gasteiger partial charge < -0.3 is 0 Å². The van der Waals surface area contributed by atoms with E-state index in [1.807, 2.05) is 17.8 Å². The average Bonchev–Trinajstić information content (AvgIpc) is 2.13. The number of aryl methyl sites for hydroxylation is 1. The molecule has 1 rings (SSSR count). The Labute approximate surface area is 89.0 Å². The fraction of sp³-hybridized carbons (Fsp3) is 0.273. The molecule has 0 bridgehead atoms. The van der Waals surface area contributed by atoms with E-state index >= 15 is 0 Å². The third kappa shape index (κ3) is 4.39. The van der Waals surface area contributed by atoms with E-state index in [-0.39, 0.29) is 0 Å². The first-order valence-corrected chi connectivity index (χ1v) is 5.75. The zero-order valence-corrected chi connectivity index (χ0v) is 9.24. The monoisotopic (exact) mass is 212 g/mol. The molecule has 13 heavy (non-hydrogen) atoms. The number of alkyl halides is 1. The van der Waals surface area contributed by atoms with Crippen molar-refractivity contribution in [3.05, 3.63) is 42.0 Å². The first-order chi connectivity index (χ1) is 6.33. The van der Waals surface area contributed by atoms with Gasteiger partial charge in [-0.15, -0.1) is 23.4 Å². The van der Waals surface area contributed by atoms with Gasteiger partial charge in [-0.05, 0) is 19.1 Å².